The van der Waals surface area contributed by atoms with Gasteiger partial charge in [0.15, 0.2) is 0 Å². The zero-order valence-corrected chi connectivity index (χ0v) is 11.3. The Bertz CT molecular complexity index is 825. The van der Waals surface area contributed by atoms with Crippen LogP contribution in [0.4, 0.5) is 5.69 Å². The molecule has 104 valence electrons. The van der Waals surface area contributed by atoms with Crippen molar-refractivity contribution in [2.75, 3.05) is 0 Å². The largest absolute Gasteiger partial charge is 0.456 e. The van der Waals surface area contributed by atoms with Crippen LogP contribution in [-0.4, -0.2) is 9.91 Å². The lowest BCUT2D eigenvalue weighted by molar-refractivity contribution is -0.384. The lowest BCUT2D eigenvalue weighted by Gasteiger charge is -2.10. The van der Waals surface area contributed by atoms with Crippen molar-refractivity contribution in [1.82, 2.24) is 4.98 Å². The van der Waals surface area contributed by atoms with Gasteiger partial charge in [-0.05, 0) is 36.1 Å². The maximum absolute atomic E-state index is 10.8. The summed E-state index contributed by atoms with van der Waals surface area (Å²) in [6.45, 7) is 1.78. The molecule has 3 aromatic rings. The normalized spacial score (nSPS) is 10.5. The molecule has 1 heterocycles. The zero-order valence-electron chi connectivity index (χ0n) is 11.3. The second kappa shape index (κ2) is 5.20. The number of nitro benzene ring substituents is 1. The maximum atomic E-state index is 10.8. The van der Waals surface area contributed by atoms with E-state index in [0.29, 0.717) is 17.1 Å². The van der Waals surface area contributed by atoms with Crippen molar-refractivity contribution in [3.8, 4) is 11.5 Å². The molecule has 0 saturated carbocycles. The quantitative estimate of drug-likeness (QED) is 0.531. The zero-order chi connectivity index (χ0) is 14.8. The summed E-state index contributed by atoms with van der Waals surface area (Å²) in [5.41, 5.74) is 0.768. The number of hydrogen-bond acceptors (Lipinski definition) is 4. The fourth-order valence-corrected chi connectivity index (χ4v) is 2.15. The van der Waals surface area contributed by atoms with Crippen LogP contribution in [0.25, 0.3) is 10.8 Å². The molecule has 5 heteroatoms. The van der Waals surface area contributed by atoms with Gasteiger partial charge in [0, 0.05) is 29.9 Å². The van der Waals surface area contributed by atoms with Gasteiger partial charge >= 0.3 is 0 Å². The molecular formula is C16H12N2O3. The summed E-state index contributed by atoms with van der Waals surface area (Å²) in [5, 5.41) is 12.7. The van der Waals surface area contributed by atoms with Crippen LogP contribution in [0.15, 0.2) is 54.9 Å². The van der Waals surface area contributed by atoms with E-state index >= 15 is 0 Å². The van der Waals surface area contributed by atoms with E-state index in [0.717, 1.165) is 10.8 Å². The molecular weight excluding hydrogens is 268 g/mol. The number of ether oxygens (including phenoxy) is 1. The number of fused-ring (bicyclic) bond motifs is 1. The van der Waals surface area contributed by atoms with E-state index in [1.54, 1.807) is 25.4 Å². The lowest BCUT2D eigenvalue weighted by Crippen LogP contribution is -1.92. The molecule has 0 radical (unpaired) electrons. The van der Waals surface area contributed by atoms with Crippen LogP contribution in [0.1, 0.15) is 5.56 Å². The fraction of sp³-hybridized carbons (Fsp3) is 0.0625. The van der Waals surface area contributed by atoms with E-state index in [-0.39, 0.29) is 5.69 Å². The number of benzene rings is 2. The van der Waals surface area contributed by atoms with Gasteiger partial charge in [-0.1, -0.05) is 12.1 Å². The van der Waals surface area contributed by atoms with Crippen LogP contribution >= 0.6 is 0 Å². The monoisotopic (exact) mass is 280 g/mol. The van der Waals surface area contributed by atoms with Gasteiger partial charge in [0.2, 0.25) is 0 Å². The number of nitrogens with zero attached hydrogens (tertiary/aromatic N) is 2. The van der Waals surface area contributed by atoms with E-state index in [4.69, 9.17) is 4.74 Å². The van der Waals surface area contributed by atoms with E-state index in [1.165, 1.54) is 12.1 Å². The van der Waals surface area contributed by atoms with Crippen molar-refractivity contribution < 1.29 is 9.66 Å². The summed E-state index contributed by atoms with van der Waals surface area (Å²) < 4.78 is 5.89. The van der Waals surface area contributed by atoms with Crippen LogP contribution in [0.3, 0.4) is 0 Å². The molecule has 0 aliphatic rings. The van der Waals surface area contributed by atoms with Gasteiger partial charge in [0.1, 0.15) is 11.5 Å². The summed E-state index contributed by atoms with van der Waals surface area (Å²) in [4.78, 5) is 14.4. The minimum atomic E-state index is -0.418. The van der Waals surface area contributed by atoms with Crippen LogP contribution < -0.4 is 4.74 Å². The molecule has 0 atom stereocenters. The number of aryl methyl sites for hydroxylation is 1. The predicted octanol–water partition coefficient (Wildman–Crippen LogP) is 4.24. The van der Waals surface area contributed by atoms with Gasteiger partial charge in [0.25, 0.3) is 5.69 Å². The Morgan fingerprint density at radius 2 is 2.00 bits per heavy atom. The molecule has 2 aromatic carbocycles. The Hall–Kier alpha value is -2.95. The van der Waals surface area contributed by atoms with Crippen LogP contribution in [0, 0.1) is 17.0 Å². The van der Waals surface area contributed by atoms with Gasteiger partial charge in [0.05, 0.1) is 4.92 Å². The lowest BCUT2D eigenvalue weighted by atomic mass is 10.1. The summed E-state index contributed by atoms with van der Waals surface area (Å²) in [5.74, 6) is 1.27. The highest BCUT2D eigenvalue weighted by Crippen LogP contribution is 2.32. The Morgan fingerprint density at radius 1 is 1.14 bits per heavy atom. The van der Waals surface area contributed by atoms with Gasteiger partial charge in [-0.2, -0.15) is 0 Å². The van der Waals surface area contributed by atoms with Crippen molar-refractivity contribution in [1.29, 1.82) is 0 Å². The first-order chi connectivity index (χ1) is 10.1. The smallest absolute Gasteiger partial charge is 0.269 e. The Kier molecular flexibility index (Phi) is 3.23. The number of hydrogen-bond donors (Lipinski definition) is 0. The SMILES string of the molecule is Cc1cc([N+](=O)[O-])ccc1Oc1cccc2ccncc12. The van der Waals surface area contributed by atoms with Crippen molar-refractivity contribution in [3.05, 3.63) is 70.5 Å². The summed E-state index contributed by atoms with van der Waals surface area (Å²) in [6.07, 6.45) is 3.47. The third-order valence-electron chi connectivity index (χ3n) is 3.23. The van der Waals surface area contributed by atoms with Crippen LogP contribution in [0.2, 0.25) is 0 Å². The molecule has 0 bridgehead atoms. The van der Waals surface area contributed by atoms with Crippen LogP contribution in [-0.2, 0) is 0 Å². The molecule has 0 N–H and O–H groups in total. The highest BCUT2D eigenvalue weighted by molar-refractivity contribution is 5.87. The number of pyridine rings is 1. The van der Waals surface area contributed by atoms with Crippen LogP contribution in [0.5, 0.6) is 11.5 Å². The molecule has 0 aliphatic carbocycles. The third kappa shape index (κ3) is 2.53. The van der Waals surface area contributed by atoms with Gasteiger partial charge in [-0.15, -0.1) is 0 Å². The van der Waals surface area contributed by atoms with Crippen molar-refractivity contribution >= 4 is 16.5 Å². The highest BCUT2D eigenvalue weighted by Gasteiger charge is 2.10. The van der Waals surface area contributed by atoms with Gasteiger partial charge in [-0.3, -0.25) is 15.1 Å². The molecule has 1 aromatic heterocycles. The standard InChI is InChI=1S/C16H12N2O3/c1-11-9-13(18(19)20)5-6-15(11)21-16-4-2-3-12-7-8-17-10-14(12)16/h2-10H,1H3. The average molecular weight is 280 g/mol. The van der Waals surface area contributed by atoms with Gasteiger partial charge in [-0.25, -0.2) is 0 Å². The molecule has 0 fully saturated rings. The second-order valence-corrected chi connectivity index (χ2v) is 4.66. The molecule has 0 saturated heterocycles. The summed E-state index contributed by atoms with van der Waals surface area (Å²) in [7, 11) is 0. The highest BCUT2D eigenvalue weighted by atomic mass is 16.6. The molecule has 21 heavy (non-hydrogen) atoms. The maximum Gasteiger partial charge on any atom is 0.269 e. The summed E-state index contributed by atoms with van der Waals surface area (Å²) >= 11 is 0. The van der Waals surface area contributed by atoms with E-state index in [2.05, 4.69) is 4.98 Å². The molecule has 0 aliphatic heterocycles. The fourth-order valence-electron chi connectivity index (χ4n) is 2.15. The van der Waals surface area contributed by atoms with E-state index in [1.807, 2.05) is 24.3 Å². The predicted molar refractivity (Wildman–Crippen MR) is 79.7 cm³/mol. The number of nitro groups is 1. The molecule has 3 rings (SSSR count). The molecule has 0 spiro atoms. The molecule has 5 nitrogen and oxygen atoms in total. The minimum Gasteiger partial charge on any atom is -0.456 e. The average Bonchev–Trinajstić information content (AvgIpc) is 2.49. The molecule has 0 unspecified atom stereocenters. The number of aromatic nitrogens is 1. The Balaban J connectivity index is 2.01. The number of non-ortho nitro benzene ring substituents is 1. The number of rotatable bonds is 3. The van der Waals surface area contributed by atoms with Crippen molar-refractivity contribution in [2.45, 2.75) is 6.92 Å². The summed E-state index contributed by atoms with van der Waals surface area (Å²) in [6, 6.07) is 12.2. The first-order valence-corrected chi connectivity index (χ1v) is 6.41. The Labute approximate surface area is 121 Å². The first-order valence-electron chi connectivity index (χ1n) is 6.41. The van der Waals surface area contributed by atoms with E-state index < -0.39 is 4.92 Å². The topological polar surface area (TPSA) is 65.3 Å². The first kappa shape index (κ1) is 13.1. The third-order valence-corrected chi connectivity index (χ3v) is 3.23. The second-order valence-electron chi connectivity index (χ2n) is 4.66. The molecule has 0 amide bonds. The van der Waals surface area contributed by atoms with E-state index in [9.17, 15) is 10.1 Å². The van der Waals surface area contributed by atoms with Crippen molar-refractivity contribution in [3.63, 3.8) is 0 Å². The van der Waals surface area contributed by atoms with Gasteiger partial charge < -0.3 is 4.74 Å². The Morgan fingerprint density at radius 3 is 2.76 bits per heavy atom. The minimum absolute atomic E-state index is 0.0550. The van der Waals surface area contributed by atoms with Crippen molar-refractivity contribution in [2.24, 2.45) is 0 Å².